The quantitative estimate of drug-likeness (QED) is 0.0420. The second-order valence-electron chi connectivity index (χ2n) is 17.9. The highest BCUT2D eigenvalue weighted by atomic mass is 16.3. The van der Waals surface area contributed by atoms with E-state index in [1.54, 1.807) is 6.08 Å². The summed E-state index contributed by atoms with van der Waals surface area (Å²) >= 11 is 0. The van der Waals surface area contributed by atoms with Crippen molar-refractivity contribution in [2.24, 2.45) is 0 Å². The Hall–Kier alpha value is -4.51. The minimum atomic E-state index is -0.895. The van der Waals surface area contributed by atoms with Gasteiger partial charge >= 0.3 is 0 Å². The highest BCUT2D eigenvalue weighted by molar-refractivity contribution is 5.76. The number of carbonyl (C=O) groups excluding carboxylic acids is 1. The standard InChI is InChI=1S/C66H103NO3/c1-3-5-7-9-11-13-15-17-19-21-22-23-24-25-26-27-28-29-30-31-32-33-34-35-36-37-38-39-40-41-42-43-44-46-48-50-52-54-56-58-60-62-66(70)67-64(63-68)65(69)61-59-57-55-53-51-49-47-45-20-18-16-14-12-10-8-6-4-2/h5,7,11,13,17,19-20,22-23,25-26,28-29,31-32,34-35,37-38,40-41,43-45,48,50-51,53,59,61,64-65,68-69H,3-4,6,8-10,12,14-16,18,21,24,27,30,33,36,39,42,46-47,49,52,54-58,60,62-63H2,1-2H3,(H,67,70)/b7-5-,13-11-,19-17-,23-22-,26-25-,29-28-,32-31-,35-34-,38-37-,41-40-,44-43-,45-20+,50-48-,53-51+,61-59+. The zero-order valence-corrected chi connectivity index (χ0v) is 44.7. The monoisotopic (exact) mass is 958 g/mol. The molecule has 0 saturated heterocycles. The molecule has 0 spiro atoms. The van der Waals surface area contributed by atoms with Crippen molar-refractivity contribution in [2.45, 2.75) is 219 Å². The van der Waals surface area contributed by atoms with Gasteiger partial charge in [0.05, 0.1) is 18.8 Å². The van der Waals surface area contributed by atoms with E-state index < -0.39 is 12.1 Å². The normalized spacial score (nSPS) is 14.3. The lowest BCUT2D eigenvalue weighted by molar-refractivity contribution is -0.123. The summed E-state index contributed by atoms with van der Waals surface area (Å²) in [5, 5.41) is 23.0. The second kappa shape index (κ2) is 58.8. The van der Waals surface area contributed by atoms with Gasteiger partial charge in [-0.05, 0) is 135 Å². The van der Waals surface area contributed by atoms with Crippen molar-refractivity contribution in [3.8, 4) is 0 Å². The maximum Gasteiger partial charge on any atom is 0.220 e. The van der Waals surface area contributed by atoms with Crippen LogP contribution in [0.4, 0.5) is 0 Å². The molecule has 70 heavy (non-hydrogen) atoms. The second-order valence-corrected chi connectivity index (χ2v) is 17.9. The third-order valence-corrected chi connectivity index (χ3v) is 11.4. The summed E-state index contributed by atoms with van der Waals surface area (Å²) in [4.78, 5) is 12.4. The average molecular weight is 959 g/mol. The highest BCUT2D eigenvalue weighted by Gasteiger charge is 2.17. The number of hydrogen-bond donors (Lipinski definition) is 3. The van der Waals surface area contributed by atoms with Gasteiger partial charge in [-0.2, -0.15) is 0 Å². The van der Waals surface area contributed by atoms with Crippen LogP contribution in [-0.2, 0) is 4.79 Å². The topological polar surface area (TPSA) is 69.6 Å². The first-order valence-corrected chi connectivity index (χ1v) is 28.0. The SMILES string of the molecule is CC/C=C\C/C=C\C/C=C\C/C=C\C/C=C\C/C=C\C/C=C\C/C=C\C/C=C\C/C=C\C/C=C\C/C=C\CCCCCCC(=O)NC(CO)C(O)/C=C/CC/C=C/CC/C=C/CCCCCCCCC. The maximum absolute atomic E-state index is 12.4. The Bertz CT molecular complexity index is 1600. The zero-order chi connectivity index (χ0) is 50.6. The van der Waals surface area contributed by atoms with Crippen LogP contribution in [-0.4, -0.2) is 34.9 Å². The Balaban J connectivity index is 3.76. The fourth-order valence-electron chi connectivity index (χ4n) is 7.13. The molecule has 0 radical (unpaired) electrons. The first-order valence-electron chi connectivity index (χ1n) is 28.0. The molecule has 2 atom stereocenters. The Morgan fingerprint density at radius 3 is 1.00 bits per heavy atom. The van der Waals surface area contributed by atoms with Crippen LogP contribution in [0.5, 0.6) is 0 Å². The first kappa shape index (κ1) is 65.5. The third kappa shape index (κ3) is 54.4. The molecule has 0 fully saturated rings. The van der Waals surface area contributed by atoms with Crippen LogP contribution in [0, 0.1) is 0 Å². The van der Waals surface area contributed by atoms with Gasteiger partial charge in [-0.25, -0.2) is 0 Å². The molecular weight excluding hydrogens is 855 g/mol. The van der Waals surface area contributed by atoms with Crippen molar-refractivity contribution in [2.75, 3.05) is 6.61 Å². The van der Waals surface area contributed by atoms with Crippen molar-refractivity contribution in [1.82, 2.24) is 5.32 Å². The number of amides is 1. The average Bonchev–Trinajstić information content (AvgIpc) is 3.36. The third-order valence-electron chi connectivity index (χ3n) is 11.4. The van der Waals surface area contributed by atoms with Crippen LogP contribution >= 0.6 is 0 Å². The van der Waals surface area contributed by atoms with Gasteiger partial charge in [-0.1, -0.05) is 247 Å². The van der Waals surface area contributed by atoms with E-state index in [4.69, 9.17) is 0 Å². The van der Waals surface area contributed by atoms with E-state index >= 15 is 0 Å². The van der Waals surface area contributed by atoms with Crippen molar-refractivity contribution in [1.29, 1.82) is 0 Å². The molecule has 4 heteroatoms. The molecule has 0 aromatic carbocycles. The lowest BCUT2D eigenvalue weighted by atomic mass is 10.1. The van der Waals surface area contributed by atoms with Gasteiger partial charge in [0.2, 0.25) is 5.91 Å². The smallest absolute Gasteiger partial charge is 0.220 e. The van der Waals surface area contributed by atoms with Crippen LogP contribution in [0.25, 0.3) is 0 Å². The molecule has 390 valence electrons. The van der Waals surface area contributed by atoms with Crippen LogP contribution in [0.15, 0.2) is 182 Å². The van der Waals surface area contributed by atoms with Crippen molar-refractivity contribution >= 4 is 5.91 Å². The summed E-state index contributed by atoms with van der Waals surface area (Å²) in [6.07, 6.45) is 97.5. The molecule has 0 bridgehead atoms. The predicted octanol–water partition coefficient (Wildman–Crippen LogP) is 18.9. The zero-order valence-electron chi connectivity index (χ0n) is 44.7. The lowest BCUT2D eigenvalue weighted by Crippen LogP contribution is -2.45. The van der Waals surface area contributed by atoms with Gasteiger partial charge < -0.3 is 15.5 Å². The maximum atomic E-state index is 12.4. The van der Waals surface area contributed by atoms with Crippen LogP contribution in [0.2, 0.25) is 0 Å². The van der Waals surface area contributed by atoms with Crippen LogP contribution in [0.1, 0.15) is 206 Å². The summed E-state index contributed by atoms with van der Waals surface area (Å²) < 4.78 is 0. The summed E-state index contributed by atoms with van der Waals surface area (Å²) in [6.45, 7) is 4.14. The fraction of sp³-hybridized carbons (Fsp3) is 0.530. The van der Waals surface area contributed by atoms with Gasteiger partial charge in [0.15, 0.2) is 0 Å². The van der Waals surface area contributed by atoms with Gasteiger partial charge in [-0.15, -0.1) is 0 Å². The van der Waals surface area contributed by atoms with E-state index in [2.05, 4.69) is 189 Å². The summed E-state index contributed by atoms with van der Waals surface area (Å²) in [7, 11) is 0. The van der Waals surface area contributed by atoms with E-state index in [9.17, 15) is 15.0 Å². The number of aliphatic hydroxyl groups excluding tert-OH is 2. The largest absolute Gasteiger partial charge is 0.394 e. The molecule has 0 saturated carbocycles. The Morgan fingerprint density at radius 2 is 0.643 bits per heavy atom. The first-order chi connectivity index (χ1) is 34.7. The molecule has 0 rings (SSSR count). The number of carbonyl (C=O) groups is 1. The number of unbranched alkanes of at least 4 members (excludes halogenated alkanes) is 13. The minimum Gasteiger partial charge on any atom is -0.394 e. The van der Waals surface area contributed by atoms with Crippen LogP contribution in [0.3, 0.4) is 0 Å². The van der Waals surface area contributed by atoms with Gasteiger partial charge in [0.25, 0.3) is 0 Å². The molecule has 2 unspecified atom stereocenters. The molecule has 1 amide bonds. The van der Waals surface area contributed by atoms with Crippen molar-refractivity contribution in [3.63, 3.8) is 0 Å². The van der Waals surface area contributed by atoms with Gasteiger partial charge in [0.1, 0.15) is 0 Å². The van der Waals surface area contributed by atoms with E-state index in [1.807, 2.05) is 6.08 Å². The molecular formula is C66H103NO3. The Morgan fingerprint density at radius 1 is 0.357 bits per heavy atom. The summed E-state index contributed by atoms with van der Waals surface area (Å²) in [5.41, 5.74) is 0. The summed E-state index contributed by atoms with van der Waals surface area (Å²) in [6, 6.07) is -0.673. The van der Waals surface area contributed by atoms with Crippen molar-refractivity contribution in [3.05, 3.63) is 182 Å². The predicted molar refractivity (Wildman–Crippen MR) is 312 cm³/mol. The highest BCUT2D eigenvalue weighted by Crippen LogP contribution is 2.10. The molecule has 0 aliphatic carbocycles. The van der Waals surface area contributed by atoms with E-state index in [-0.39, 0.29) is 12.5 Å². The number of aliphatic hydroxyl groups is 2. The number of nitrogens with one attached hydrogen (secondary N) is 1. The molecule has 4 nitrogen and oxygen atoms in total. The molecule has 0 aliphatic rings. The lowest BCUT2D eigenvalue weighted by Gasteiger charge is -2.19. The fourth-order valence-corrected chi connectivity index (χ4v) is 7.13. The number of hydrogen-bond acceptors (Lipinski definition) is 3. The van der Waals surface area contributed by atoms with E-state index in [0.29, 0.717) is 6.42 Å². The minimum absolute atomic E-state index is 0.111. The van der Waals surface area contributed by atoms with Gasteiger partial charge in [0, 0.05) is 6.42 Å². The summed E-state index contributed by atoms with van der Waals surface area (Å²) in [5.74, 6) is -0.111. The molecule has 3 N–H and O–H groups in total. The number of allylic oxidation sites excluding steroid dienone is 29. The Kier molecular flexibility index (Phi) is 55.0. The number of rotatable bonds is 48. The van der Waals surface area contributed by atoms with Gasteiger partial charge in [-0.3, -0.25) is 4.79 Å². The Labute approximate surface area is 431 Å². The molecule has 0 heterocycles. The van der Waals surface area contributed by atoms with E-state index in [1.165, 1.54) is 51.4 Å². The molecule has 0 aliphatic heterocycles. The molecule has 0 aromatic rings. The molecule has 0 aromatic heterocycles. The van der Waals surface area contributed by atoms with Crippen molar-refractivity contribution < 1.29 is 15.0 Å². The van der Waals surface area contributed by atoms with Crippen LogP contribution < -0.4 is 5.32 Å². The van der Waals surface area contributed by atoms with E-state index in [0.717, 1.165) is 135 Å².